The van der Waals surface area contributed by atoms with Gasteiger partial charge in [-0.05, 0) is 31.7 Å². The molecule has 0 saturated carbocycles. The minimum absolute atomic E-state index is 0.535. The second-order valence-electron chi connectivity index (χ2n) is 4.00. The van der Waals surface area contributed by atoms with Crippen molar-refractivity contribution in [2.45, 2.75) is 12.5 Å². The number of hydrogen-bond donors (Lipinski definition) is 1. The highest BCUT2D eigenvalue weighted by Gasteiger charge is 2.21. The fourth-order valence-corrected chi connectivity index (χ4v) is 2.24. The molecule has 0 bridgehead atoms. The highest BCUT2D eigenvalue weighted by Crippen LogP contribution is 2.25. The molecular formula is C12H14ClN3. The van der Waals surface area contributed by atoms with Gasteiger partial charge in [-0.2, -0.15) is 5.26 Å². The lowest BCUT2D eigenvalue weighted by Crippen LogP contribution is -2.29. The molecule has 16 heavy (non-hydrogen) atoms. The lowest BCUT2D eigenvalue weighted by Gasteiger charge is -2.19. The van der Waals surface area contributed by atoms with Crippen LogP contribution in [0.25, 0.3) is 0 Å². The topological polar surface area (TPSA) is 39.1 Å². The predicted octanol–water partition coefficient (Wildman–Crippen LogP) is 2.01. The van der Waals surface area contributed by atoms with Crippen molar-refractivity contribution in [3.63, 3.8) is 0 Å². The van der Waals surface area contributed by atoms with Crippen LogP contribution < -0.4 is 10.2 Å². The lowest BCUT2D eigenvalue weighted by molar-refractivity contribution is 0.617. The van der Waals surface area contributed by atoms with Gasteiger partial charge in [0.2, 0.25) is 0 Å². The van der Waals surface area contributed by atoms with E-state index in [1.54, 1.807) is 6.07 Å². The number of hydrogen-bond acceptors (Lipinski definition) is 3. The predicted molar refractivity (Wildman–Crippen MR) is 65.8 cm³/mol. The zero-order valence-electron chi connectivity index (χ0n) is 9.20. The molecule has 3 nitrogen and oxygen atoms in total. The molecular weight excluding hydrogens is 222 g/mol. The van der Waals surface area contributed by atoms with Crippen molar-refractivity contribution in [2.75, 3.05) is 25.0 Å². The molecule has 0 aromatic heterocycles. The number of nitrogens with one attached hydrogen (secondary N) is 1. The Morgan fingerprint density at radius 2 is 2.38 bits per heavy atom. The third kappa shape index (κ3) is 2.13. The van der Waals surface area contributed by atoms with E-state index in [4.69, 9.17) is 16.9 Å². The van der Waals surface area contributed by atoms with Gasteiger partial charge in [0.05, 0.1) is 10.6 Å². The van der Waals surface area contributed by atoms with E-state index in [0.29, 0.717) is 16.6 Å². The van der Waals surface area contributed by atoms with Crippen LogP contribution in [0.15, 0.2) is 18.2 Å². The van der Waals surface area contributed by atoms with Crippen molar-refractivity contribution < 1.29 is 0 Å². The van der Waals surface area contributed by atoms with Crippen molar-refractivity contribution in [1.29, 1.82) is 5.26 Å². The van der Waals surface area contributed by atoms with E-state index in [1.165, 1.54) is 0 Å². The number of halogens is 1. The second-order valence-corrected chi connectivity index (χ2v) is 4.40. The van der Waals surface area contributed by atoms with E-state index >= 15 is 0 Å². The van der Waals surface area contributed by atoms with Crippen LogP contribution in [0.3, 0.4) is 0 Å². The third-order valence-electron chi connectivity index (χ3n) is 3.03. The number of nitrogens with zero attached hydrogens (tertiary/aromatic N) is 2. The molecule has 1 aliphatic rings. The Kier molecular flexibility index (Phi) is 3.33. The first-order valence-electron chi connectivity index (χ1n) is 5.36. The summed E-state index contributed by atoms with van der Waals surface area (Å²) in [7, 11) is 1.99. The van der Waals surface area contributed by atoms with Gasteiger partial charge < -0.3 is 10.2 Å². The summed E-state index contributed by atoms with van der Waals surface area (Å²) >= 11 is 6.01. The zero-order valence-corrected chi connectivity index (χ0v) is 9.96. The summed E-state index contributed by atoms with van der Waals surface area (Å²) in [5, 5.41) is 12.6. The zero-order chi connectivity index (χ0) is 11.5. The van der Waals surface area contributed by atoms with Gasteiger partial charge in [0.1, 0.15) is 6.07 Å². The van der Waals surface area contributed by atoms with Crippen molar-refractivity contribution in [1.82, 2.24) is 5.32 Å². The van der Waals surface area contributed by atoms with Gasteiger partial charge in [-0.15, -0.1) is 0 Å². The molecule has 1 aromatic carbocycles. The average Bonchev–Trinajstić information content (AvgIpc) is 2.77. The molecule has 84 valence electrons. The van der Waals surface area contributed by atoms with Crippen molar-refractivity contribution in [3.8, 4) is 6.07 Å². The van der Waals surface area contributed by atoms with Gasteiger partial charge in [0.25, 0.3) is 0 Å². The van der Waals surface area contributed by atoms with E-state index in [9.17, 15) is 0 Å². The van der Waals surface area contributed by atoms with Gasteiger partial charge in [-0.1, -0.05) is 11.6 Å². The second kappa shape index (κ2) is 4.73. The Morgan fingerprint density at radius 1 is 1.56 bits per heavy atom. The van der Waals surface area contributed by atoms with Crippen LogP contribution in [0, 0.1) is 11.3 Å². The van der Waals surface area contributed by atoms with E-state index in [1.807, 2.05) is 19.2 Å². The number of nitriles is 1. The Balaban J connectivity index is 2.17. The lowest BCUT2D eigenvalue weighted by atomic mass is 10.2. The van der Waals surface area contributed by atoms with Crippen LogP contribution in [0.2, 0.25) is 5.02 Å². The monoisotopic (exact) mass is 235 g/mol. The van der Waals surface area contributed by atoms with Crippen LogP contribution in [-0.2, 0) is 0 Å². The maximum atomic E-state index is 8.80. The van der Waals surface area contributed by atoms with Crippen molar-refractivity contribution in [3.05, 3.63) is 28.8 Å². The molecule has 1 saturated heterocycles. The van der Waals surface area contributed by atoms with Crippen LogP contribution >= 0.6 is 11.6 Å². The number of benzene rings is 1. The summed E-state index contributed by atoms with van der Waals surface area (Å²) in [6.45, 7) is 2.03. The highest BCUT2D eigenvalue weighted by atomic mass is 35.5. The smallest absolute Gasteiger partial charge is 0.101 e. The maximum absolute atomic E-state index is 8.80. The van der Waals surface area contributed by atoms with Crippen molar-refractivity contribution in [2.24, 2.45) is 0 Å². The van der Waals surface area contributed by atoms with E-state index < -0.39 is 0 Å². The van der Waals surface area contributed by atoms with Gasteiger partial charge in [-0.3, -0.25) is 0 Å². The summed E-state index contributed by atoms with van der Waals surface area (Å²) in [6.07, 6.45) is 1.15. The number of likely N-dealkylation sites (N-methyl/N-ethyl adjacent to an activating group) is 1. The van der Waals surface area contributed by atoms with Gasteiger partial charge in [0.15, 0.2) is 0 Å². The molecule has 1 heterocycles. The molecule has 1 aliphatic heterocycles. The first-order valence-corrected chi connectivity index (χ1v) is 5.74. The molecule has 0 aliphatic carbocycles. The molecule has 4 heteroatoms. The molecule has 1 N–H and O–H groups in total. The number of anilines is 1. The highest BCUT2D eigenvalue weighted by molar-refractivity contribution is 6.32. The Labute approximate surface area is 101 Å². The Morgan fingerprint density at radius 3 is 2.94 bits per heavy atom. The minimum Gasteiger partial charge on any atom is -0.370 e. The third-order valence-corrected chi connectivity index (χ3v) is 3.35. The maximum Gasteiger partial charge on any atom is 0.101 e. The van der Waals surface area contributed by atoms with Crippen LogP contribution in [0.1, 0.15) is 12.0 Å². The minimum atomic E-state index is 0.535. The number of rotatable bonds is 2. The summed E-state index contributed by atoms with van der Waals surface area (Å²) < 4.78 is 0. The largest absolute Gasteiger partial charge is 0.370 e. The SMILES string of the molecule is CNC1CCN(c2ccc(C#N)c(Cl)c2)C1. The normalized spacial score (nSPS) is 19.8. The standard InChI is InChI=1S/C12H14ClN3/c1-15-10-4-5-16(8-10)11-3-2-9(7-14)12(13)6-11/h2-3,6,10,15H,4-5,8H2,1H3. The van der Waals surface area contributed by atoms with Gasteiger partial charge in [0, 0.05) is 24.8 Å². The molecule has 1 unspecified atom stereocenters. The Hall–Kier alpha value is -1.24. The molecule has 0 spiro atoms. The van der Waals surface area contributed by atoms with Crippen molar-refractivity contribution >= 4 is 17.3 Å². The molecule has 1 fully saturated rings. The Bertz CT molecular complexity index is 425. The molecule has 1 aromatic rings. The quantitative estimate of drug-likeness (QED) is 0.853. The summed E-state index contributed by atoms with van der Waals surface area (Å²) in [6, 6.07) is 8.24. The molecule has 0 radical (unpaired) electrons. The summed E-state index contributed by atoms with van der Waals surface area (Å²) in [5.41, 5.74) is 1.64. The molecule has 2 rings (SSSR count). The van der Waals surface area contributed by atoms with Crippen LogP contribution in [-0.4, -0.2) is 26.2 Å². The molecule has 1 atom stereocenters. The van der Waals surface area contributed by atoms with E-state index in [0.717, 1.165) is 25.2 Å². The van der Waals surface area contributed by atoms with Gasteiger partial charge >= 0.3 is 0 Å². The van der Waals surface area contributed by atoms with Crippen LogP contribution in [0.5, 0.6) is 0 Å². The average molecular weight is 236 g/mol. The van der Waals surface area contributed by atoms with E-state index in [2.05, 4.69) is 16.3 Å². The van der Waals surface area contributed by atoms with E-state index in [-0.39, 0.29) is 0 Å². The fraction of sp³-hybridized carbons (Fsp3) is 0.417. The van der Waals surface area contributed by atoms with Gasteiger partial charge in [-0.25, -0.2) is 0 Å². The first-order chi connectivity index (χ1) is 7.74. The fourth-order valence-electron chi connectivity index (χ4n) is 2.02. The van der Waals surface area contributed by atoms with Crippen LogP contribution in [0.4, 0.5) is 5.69 Å². The summed E-state index contributed by atoms with van der Waals surface area (Å²) in [4.78, 5) is 2.29. The first kappa shape index (κ1) is 11.3. The summed E-state index contributed by atoms with van der Waals surface area (Å²) in [5.74, 6) is 0. The molecule has 0 amide bonds.